The summed E-state index contributed by atoms with van der Waals surface area (Å²) in [7, 11) is 1.46. The molecule has 6 heteroatoms. The van der Waals surface area contributed by atoms with Gasteiger partial charge in [0.05, 0.1) is 12.0 Å². The van der Waals surface area contributed by atoms with E-state index in [1.165, 1.54) is 20.0 Å². The largest absolute Gasteiger partial charge is 0.490 e. The van der Waals surface area contributed by atoms with Gasteiger partial charge in [-0.15, -0.1) is 0 Å². The van der Waals surface area contributed by atoms with E-state index < -0.39 is 0 Å². The van der Waals surface area contributed by atoms with Crippen LogP contribution in [0, 0.1) is 16.0 Å². The Morgan fingerprint density at radius 2 is 2.33 bits per heavy atom. The van der Waals surface area contributed by atoms with Crippen molar-refractivity contribution in [3.8, 4) is 5.75 Å². The summed E-state index contributed by atoms with van der Waals surface area (Å²) in [6, 6.07) is 5.83. The van der Waals surface area contributed by atoms with Gasteiger partial charge < -0.3 is 10.1 Å². The van der Waals surface area contributed by atoms with Crippen LogP contribution in [0.1, 0.15) is 18.4 Å². The molecule has 0 aromatic heterocycles. The van der Waals surface area contributed by atoms with Crippen molar-refractivity contribution in [2.24, 2.45) is 5.92 Å². The number of likely N-dealkylation sites (tertiary alicyclic amines) is 1. The van der Waals surface area contributed by atoms with Gasteiger partial charge in [-0.05, 0) is 36.9 Å². The molecular weight excluding hydrogens is 270 g/mol. The zero-order valence-corrected chi connectivity index (χ0v) is 12.2. The fraction of sp³-hybridized carbons (Fsp3) is 0.600. The Morgan fingerprint density at radius 3 is 3.05 bits per heavy atom. The molecule has 2 saturated heterocycles. The maximum Gasteiger partial charge on any atom is 0.311 e. The summed E-state index contributed by atoms with van der Waals surface area (Å²) in [5.74, 6) is 1.05. The van der Waals surface area contributed by atoms with Gasteiger partial charge in [-0.3, -0.25) is 15.0 Å². The minimum Gasteiger partial charge on any atom is -0.490 e. The van der Waals surface area contributed by atoms with Gasteiger partial charge in [-0.2, -0.15) is 0 Å². The molecule has 114 valence electrons. The topological polar surface area (TPSA) is 67.6 Å². The van der Waals surface area contributed by atoms with E-state index in [0.717, 1.165) is 37.7 Å². The highest BCUT2D eigenvalue weighted by molar-refractivity contribution is 5.48. The maximum atomic E-state index is 11.1. The molecule has 1 aromatic carbocycles. The predicted octanol–water partition coefficient (Wildman–Crippen LogP) is 1.79. The first-order valence-corrected chi connectivity index (χ1v) is 7.44. The molecule has 2 fully saturated rings. The SMILES string of the molecule is COc1ccc(CN2C[C@@H]3CCCN[C@@H]3C2)cc1[N+](=O)[O-]. The number of ether oxygens (including phenoxy) is 1. The van der Waals surface area contributed by atoms with Crippen molar-refractivity contribution < 1.29 is 9.66 Å². The van der Waals surface area contributed by atoms with E-state index in [1.807, 2.05) is 6.07 Å². The molecular formula is C15H21N3O3. The molecule has 0 amide bonds. The average Bonchev–Trinajstić information content (AvgIpc) is 2.89. The van der Waals surface area contributed by atoms with Gasteiger partial charge in [-0.1, -0.05) is 6.07 Å². The highest BCUT2D eigenvalue weighted by atomic mass is 16.6. The number of methoxy groups -OCH3 is 1. The number of piperidine rings is 1. The van der Waals surface area contributed by atoms with Crippen LogP contribution < -0.4 is 10.1 Å². The molecule has 0 unspecified atom stereocenters. The number of rotatable bonds is 4. The Bertz CT molecular complexity index is 521. The molecule has 3 rings (SSSR count). The number of benzene rings is 1. The fourth-order valence-corrected chi connectivity index (χ4v) is 3.50. The van der Waals surface area contributed by atoms with E-state index in [9.17, 15) is 10.1 Å². The lowest BCUT2D eigenvalue weighted by Gasteiger charge is -2.24. The summed E-state index contributed by atoms with van der Waals surface area (Å²) >= 11 is 0. The van der Waals surface area contributed by atoms with Crippen LogP contribution in [0.4, 0.5) is 5.69 Å². The molecule has 0 spiro atoms. The number of hydrogen-bond acceptors (Lipinski definition) is 5. The molecule has 2 heterocycles. The lowest BCUT2D eigenvalue weighted by molar-refractivity contribution is -0.385. The lowest BCUT2D eigenvalue weighted by Crippen LogP contribution is -2.40. The first-order valence-electron chi connectivity index (χ1n) is 7.44. The van der Waals surface area contributed by atoms with Crippen molar-refractivity contribution in [1.82, 2.24) is 10.2 Å². The van der Waals surface area contributed by atoms with E-state index in [-0.39, 0.29) is 10.6 Å². The Hall–Kier alpha value is -1.66. The minimum absolute atomic E-state index is 0.0461. The first-order chi connectivity index (χ1) is 10.2. The van der Waals surface area contributed by atoms with Crippen LogP contribution >= 0.6 is 0 Å². The summed E-state index contributed by atoms with van der Waals surface area (Å²) in [5, 5.41) is 14.7. The molecule has 0 bridgehead atoms. The Morgan fingerprint density at radius 1 is 1.48 bits per heavy atom. The van der Waals surface area contributed by atoms with Crippen molar-refractivity contribution in [1.29, 1.82) is 0 Å². The number of fused-ring (bicyclic) bond motifs is 1. The number of nitrogens with one attached hydrogen (secondary N) is 1. The molecule has 2 atom stereocenters. The van der Waals surface area contributed by atoms with Crippen LogP contribution in [-0.4, -0.2) is 42.6 Å². The monoisotopic (exact) mass is 291 g/mol. The smallest absolute Gasteiger partial charge is 0.311 e. The standard InChI is InChI=1S/C15H21N3O3/c1-21-15-5-4-11(7-14(15)18(19)20)8-17-9-12-3-2-6-16-13(12)10-17/h4-5,7,12-13,16H,2-3,6,8-10H2,1H3/t12-,13+/m0/s1. The van der Waals surface area contributed by atoms with E-state index in [2.05, 4.69) is 10.2 Å². The normalized spacial score (nSPS) is 25.6. The van der Waals surface area contributed by atoms with Crippen molar-refractivity contribution in [2.75, 3.05) is 26.7 Å². The summed E-state index contributed by atoms with van der Waals surface area (Å²) in [6.07, 6.45) is 2.54. The summed E-state index contributed by atoms with van der Waals surface area (Å²) < 4.78 is 5.04. The van der Waals surface area contributed by atoms with Crippen molar-refractivity contribution in [3.63, 3.8) is 0 Å². The second-order valence-electron chi connectivity index (χ2n) is 5.92. The van der Waals surface area contributed by atoms with Crippen LogP contribution in [0.5, 0.6) is 5.75 Å². The lowest BCUT2D eigenvalue weighted by atomic mass is 9.94. The third-order valence-electron chi connectivity index (χ3n) is 4.52. The average molecular weight is 291 g/mol. The third kappa shape index (κ3) is 3.01. The first kappa shape index (κ1) is 14.3. The highest BCUT2D eigenvalue weighted by Gasteiger charge is 2.34. The van der Waals surface area contributed by atoms with Crippen molar-refractivity contribution in [3.05, 3.63) is 33.9 Å². The summed E-state index contributed by atoms with van der Waals surface area (Å²) in [6.45, 7) is 3.99. The van der Waals surface area contributed by atoms with Gasteiger partial charge in [0.2, 0.25) is 0 Å². The highest BCUT2D eigenvalue weighted by Crippen LogP contribution is 2.30. The molecule has 6 nitrogen and oxygen atoms in total. The Labute approximate surface area is 124 Å². The number of hydrogen-bond donors (Lipinski definition) is 1. The molecule has 1 aromatic rings. The fourth-order valence-electron chi connectivity index (χ4n) is 3.50. The van der Waals surface area contributed by atoms with Gasteiger partial charge in [-0.25, -0.2) is 0 Å². The quantitative estimate of drug-likeness (QED) is 0.676. The number of nitrogens with zero attached hydrogens (tertiary/aromatic N) is 2. The van der Waals surface area contributed by atoms with Crippen molar-refractivity contribution in [2.45, 2.75) is 25.4 Å². The van der Waals surface area contributed by atoms with Gasteiger partial charge in [0.15, 0.2) is 5.75 Å². The van der Waals surface area contributed by atoms with E-state index in [0.29, 0.717) is 11.8 Å². The minimum atomic E-state index is -0.381. The number of nitro groups is 1. The Kier molecular flexibility index (Phi) is 4.07. The predicted molar refractivity (Wildman–Crippen MR) is 79.4 cm³/mol. The molecule has 0 saturated carbocycles. The molecule has 1 N–H and O–H groups in total. The molecule has 0 radical (unpaired) electrons. The Balaban J connectivity index is 1.70. The second kappa shape index (κ2) is 5.99. The zero-order chi connectivity index (χ0) is 14.8. The number of nitro benzene ring substituents is 1. The van der Waals surface area contributed by atoms with Crippen LogP contribution in [0.2, 0.25) is 0 Å². The van der Waals surface area contributed by atoms with E-state index in [1.54, 1.807) is 12.1 Å². The molecule has 21 heavy (non-hydrogen) atoms. The summed E-state index contributed by atoms with van der Waals surface area (Å²) in [5.41, 5.74) is 1.02. The van der Waals surface area contributed by atoms with Gasteiger partial charge >= 0.3 is 5.69 Å². The van der Waals surface area contributed by atoms with Crippen LogP contribution in [-0.2, 0) is 6.54 Å². The van der Waals surface area contributed by atoms with Crippen molar-refractivity contribution >= 4 is 5.69 Å². The van der Waals surface area contributed by atoms with Crippen LogP contribution in [0.25, 0.3) is 0 Å². The third-order valence-corrected chi connectivity index (χ3v) is 4.52. The van der Waals surface area contributed by atoms with Gasteiger partial charge in [0.25, 0.3) is 0 Å². The van der Waals surface area contributed by atoms with Crippen LogP contribution in [0.15, 0.2) is 18.2 Å². The van der Waals surface area contributed by atoms with Gasteiger partial charge in [0.1, 0.15) is 0 Å². The zero-order valence-electron chi connectivity index (χ0n) is 12.2. The van der Waals surface area contributed by atoms with E-state index in [4.69, 9.17) is 4.74 Å². The molecule has 2 aliphatic rings. The second-order valence-corrected chi connectivity index (χ2v) is 5.92. The molecule has 2 aliphatic heterocycles. The molecule has 0 aliphatic carbocycles. The van der Waals surface area contributed by atoms with Crippen LogP contribution in [0.3, 0.4) is 0 Å². The van der Waals surface area contributed by atoms with Gasteiger partial charge in [0, 0.05) is 31.7 Å². The maximum absolute atomic E-state index is 11.1. The summed E-state index contributed by atoms with van der Waals surface area (Å²) in [4.78, 5) is 13.1. The van der Waals surface area contributed by atoms with E-state index >= 15 is 0 Å².